The van der Waals surface area contributed by atoms with Gasteiger partial charge in [-0.15, -0.1) is 20.5 Å². The number of carbonyl (C=O) groups is 2. The molecule has 0 spiro atoms. The SMILES string of the molecule is NC(=O)Nc1cc(Nc2cc(F)nc(F)n2)ccc1N=Nc1ccc(S(=O)(=O)[O-])cc1S(=O)(=O)[O-].NC(=O)Nc1cc(Nc2nc(F)cc(F)n2)ccc1N=Nc1ccc(S(=O)(=O)[O-])cc1S(=O)(=O)[O-].[Na+].[Na+].[Na+].[Na+]. The van der Waals surface area contributed by atoms with Gasteiger partial charge in [0.2, 0.25) is 23.8 Å². The molecule has 0 unspecified atom stereocenters. The quantitative estimate of drug-likeness (QED) is 0.0147. The molecule has 74 heavy (non-hydrogen) atoms. The van der Waals surface area contributed by atoms with E-state index in [9.17, 15) is 79.0 Å². The van der Waals surface area contributed by atoms with Gasteiger partial charge in [-0.1, -0.05) is 0 Å². The Morgan fingerprint density at radius 2 is 0.824 bits per heavy atom. The summed E-state index contributed by atoms with van der Waals surface area (Å²) in [6.45, 7) is 0. The molecule has 0 saturated carbocycles. The summed E-state index contributed by atoms with van der Waals surface area (Å²) in [5.74, 6) is -4.18. The van der Waals surface area contributed by atoms with E-state index in [1.165, 1.54) is 36.4 Å². The fourth-order valence-corrected chi connectivity index (χ4v) is 7.54. The molecule has 8 N–H and O–H groups in total. The van der Waals surface area contributed by atoms with E-state index < -0.39 is 113 Å². The summed E-state index contributed by atoms with van der Waals surface area (Å²) < 4.78 is 189. The molecule has 0 aliphatic carbocycles. The number of anilines is 6. The molecule has 28 nitrogen and oxygen atoms in total. The molecule has 0 radical (unpaired) electrons. The van der Waals surface area contributed by atoms with E-state index in [2.05, 4.69) is 61.7 Å². The summed E-state index contributed by atoms with van der Waals surface area (Å²) in [5.41, 5.74) is 8.72. The van der Waals surface area contributed by atoms with Crippen LogP contribution in [0.4, 0.5) is 84.4 Å². The van der Waals surface area contributed by atoms with Crippen LogP contribution in [0.3, 0.4) is 0 Å². The van der Waals surface area contributed by atoms with Gasteiger partial charge in [0.05, 0.1) is 31.0 Å². The number of amides is 4. The van der Waals surface area contributed by atoms with Crippen LogP contribution in [0.2, 0.25) is 0 Å². The van der Waals surface area contributed by atoms with Crippen molar-refractivity contribution in [1.82, 2.24) is 19.9 Å². The van der Waals surface area contributed by atoms with Gasteiger partial charge in [0.1, 0.15) is 69.0 Å². The van der Waals surface area contributed by atoms with Crippen molar-refractivity contribution in [2.24, 2.45) is 31.9 Å². The van der Waals surface area contributed by atoms with E-state index in [0.29, 0.717) is 18.2 Å². The van der Waals surface area contributed by atoms with Gasteiger partial charge in [0, 0.05) is 23.5 Å². The second-order valence-electron chi connectivity index (χ2n) is 12.8. The summed E-state index contributed by atoms with van der Waals surface area (Å²) >= 11 is 0. The van der Waals surface area contributed by atoms with Crippen LogP contribution in [0.15, 0.2) is 125 Å². The third-order valence-corrected chi connectivity index (χ3v) is 11.3. The van der Waals surface area contributed by atoms with E-state index in [4.69, 9.17) is 11.5 Å². The topological polar surface area (TPSA) is 464 Å². The van der Waals surface area contributed by atoms with Crippen molar-refractivity contribution in [3.63, 3.8) is 0 Å². The average molecular weight is 1150 g/mol. The Bertz CT molecular complexity index is 3350. The van der Waals surface area contributed by atoms with Crippen LogP contribution >= 0.6 is 0 Å². The van der Waals surface area contributed by atoms with Gasteiger partial charge >= 0.3 is 136 Å². The monoisotopic (exact) mass is 1150 g/mol. The molecule has 40 heteroatoms. The number of urea groups is 2. The van der Waals surface area contributed by atoms with Crippen molar-refractivity contribution < 1.29 is 197 Å². The van der Waals surface area contributed by atoms with Crippen molar-refractivity contribution in [1.29, 1.82) is 0 Å². The number of aromatic nitrogens is 4. The number of benzene rings is 4. The van der Waals surface area contributed by atoms with Crippen molar-refractivity contribution in [2.75, 3.05) is 21.3 Å². The smallest absolute Gasteiger partial charge is 0.744 e. The molecule has 2 heterocycles. The summed E-state index contributed by atoms with van der Waals surface area (Å²) in [7, 11) is -20.7. The summed E-state index contributed by atoms with van der Waals surface area (Å²) in [5, 5.41) is 24.0. The number of hydrogen-bond donors (Lipinski definition) is 6. The largest absolute Gasteiger partial charge is 1.00 e. The number of nitrogens with one attached hydrogen (secondary N) is 4. The van der Waals surface area contributed by atoms with Crippen LogP contribution in [-0.4, -0.2) is 83.9 Å². The normalized spacial score (nSPS) is 11.4. The zero-order chi connectivity index (χ0) is 51.9. The van der Waals surface area contributed by atoms with E-state index in [1.807, 2.05) is 0 Å². The van der Waals surface area contributed by atoms with Gasteiger partial charge in [0.15, 0.2) is 0 Å². The average Bonchev–Trinajstić information content (AvgIpc) is 3.21. The number of halogens is 4. The van der Waals surface area contributed by atoms with Gasteiger partial charge in [-0.2, -0.15) is 37.5 Å². The van der Waals surface area contributed by atoms with Crippen LogP contribution < -0.4 is 151 Å². The van der Waals surface area contributed by atoms with Crippen LogP contribution in [-0.2, 0) is 40.5 Å². The molecule has 0 saturated heterocycles. The van der Waals surface area contributed by atoms with Gasteiger partial charge in [-0.3, -0.25) is 0 Å². The van der Waals surface area contributed by atoms with Gasteiger partial charge in [-0.25, -0.2) is 43.3 Å². The third kappa shape index (κ3) is 20.4. The fraction of sp³-hybridized carbons (Fsp3) is 0. The molecule has 2 aromatic heterocycles. The van der Waals surface area contributed by atoms with Crippen LogP contribution in [0.1, 0.15) is 0 Å². The second-order valence-corrected chi connectivity index (χ2v) is 18.3. The first-order valence-corrected chi connectivity index (χ1v) is 23.4. The van der Waals surface area contributed by atoms with Crippen molar-refractivity contribution in [3.05, 3.63) is 109 Å². The Balaban J connectivity index is 0.000000702. The van der Waals surface area contributed by atoms with Gasteiger partial charge in [0.25, 0.3) is 0 Å². The first-order valence-electron chi connectivity index (χ1n) is 17.7. The maximum atomic E-state index is 13.3. The van der Waals surface area contributed by atoms with Gasteiger partial charge in [-0.05, 0) is 72.8 Å². The second kappa shape index (κ2) is 28.2. The van der Waals surface area contributed by atoms with Crippen molar-refractivity contribution in [3.8, 4) is 0 Å². The minimum Gasteiger partial charge on any atom is -0.744 e. The third-order valence-electron chi connectivity index (χ3n) is 7.88. The summed E-state index contributed by atoms with van der Waals surface area (Å²) in [6, 6.07) is 10.2. The van der Waals surface area contributed by atoms with E-state index >= 15 is 0 Å². The zero-order valence-electron chi connectivity index (χ0n) is 37.7. The summed E-state index contributed by atoms with van der Waals surface area (Å²) in [6.07, 6.45) is -1.34. The molecular formula is C34H22F4N14Na4O14S4. The first kappa shape index (κ1) is 67.8. The fourth-order valence-electron chi connectivity index (χ4n) is 5.13. The van der Waals surface area contributed by atoms with Crippen molar-refractivity contribution >= 4 is 110 Å². The molecule has 368 valence electrons. The Labute approximate surface area is 502 Å². The molecule has 6 aromatic rings. The van der Waals surface area contributed by atoms with E-state index in [0.717, 1.165) is 30.3 Å². The molecule has 4 amide bonds. The first-order chi connectivity index (χ1) is 32.4. The predicted octanol–water partition coefficient (Wildman–Crippen LogP) is -7.56. The molecule has 0 bridgehead atoms. The maximum Gasteiger partial charge on any atom is 1.00 e. The minimum atomic E-state index is -5.28. The number of rotatable bonds is 14. The molecule has 6 rings (SSSR count). The number of nitrogens with zero attached hydrogens (tertiary/aromatic N) is 8. The zero-order valence-corrected chi connectivity index (χ0v) is 48.9. The predicted molar refractivity (Wildman–Crippen MR) is 223 cm³/mol. The van der Waals surface area contributed by atoms with Crippen molar-refractivity contribution in [2.45, 2.75) is 19.6 Å². The molecule has 0 fully saturated rings. The van der Waals surface area contributed by atoms with E-state index in [1.54, 1.807) is 0 Å². The Kier molecular flexibility index (Phi) is 25.8. The standard InChI is InChI=1S/2C17H13F2N7O7S2.4Na/c18-14-7-15(24-16(19)23-14)21-8-1-3-10(12(5-8)22-17(20)27)25-26-11-4-2-9(34(28,29)30)6-13(11)35(31,32)33;18-14-7-15(19)24-17(23-14)21-8-1-3-10(12(5-8)22-16(20)27)25-26-11-4-2-9(34(28,29)30)6-13(11)35(31,32)33;;;;/h2*1-7H,(H3,20,22,27)(H,21,23,24)(H,28,29,30)(H,31,32,33);;;;/q;;4*+1/p-4. The number of primary amides is 2. The van der Waals surface area contributed by atoms with Crippen LogP contribution in [0.25, 0.3) is 0 Å². The van der Waals surface area contributed by atoms with E-state index in [-0.39, 0.29) is 158 Å². The van der Waals surface area contributed by atoms with Gasteiger partial charge < -0.3 is 50.9 Å². The van der Waals surface area contributed by atoms with Crippen LogP contribution in [0, 0.1) is 23.9 Å². The Morgan fingerprint density at radius 1 is 0.459 bits per heavy atom. The minimum absolute atomic E-state index is 0. The molecule has 0 atom stereocenters. The number of hydrogen-bond acceptors (Lipinski definition) is 24. The number of carbonyl (C=O) groups excluding carboxylic acids is 2. The molecule has 0 aliphatic heterocycles. The summed E-state index contributed by atoms with van der Waals surface area (Å²) in [4.78, 5) is 31.4. The number of nitrogens with two attached hydrogens (primary N) is 2. The Hall–Kier alpha value is -4.26. The number of azo groups is 2. The van der Waals surface area contributed by atoms with Crippen LogP contribution in [0.5, 0.6) is 0 Å². The maximum absolute atomic E-state index is 13.3. The Morgan fingerprint density at radius 3 is 1.19 bits per heavy atom. The molecular weight excluding hydrogens is 1120 g/mol. The molecule has 0 aliphatic rings. The molecule has 4 aromatic carbocycles.